The van der Waals surface area contributed by atoms with Crippen LogP contribution in [0.25, 0.3) is 11.0 Å². The SMILES string of the molecule is O=C(NCC(c1cccs1)N1CCOCC1)c1ccc2n[nH]nc2c1. The molecule has 1 aliphatic rings. The number of H-pyrrole nitrogens is 1. The minimum atomic E-state index is -0.0975. The summed E-state index contributed by atoms with van der Waals surface area (Å²) in [6, 6.07) is 9.67. The largest absolute Gasteiger partial charge is 0.379 e. The third kappa shape index (κ3) is 3.55. The van der Waals surface area contributed by atoms with E-state index >= 15 is 0 Å². The summed E-state index contributed by atoms with van der Waals surface area (Å²) in [5.41, 5.74) is 2.03. The molecule has 25 heavy (non-hydrogen) atoms. The van der Waals surface area contributed by atoms with Crippen molar-refractivity contribution in [3.63, 3.8) is 0 Å². The van der Waals surface area contributed by atoms with Crippen molar-refractivity contribution >= 4 is 28.3 Å². The Morgan fingerprint density at radius 2 is 2.12 bits per heavy atom. The second-order valence-corrected chi connectivity index (χ2v) is 6.90. The van der Waals surface area contributed by atoms with E-state index in [1.807, 2.05) is 6.07 Å². The molecule has 1 atom stereocenters. The van der Waals surface area contributed by atoms with Crippen LogP contribution in [-0.4, -0.2) is 59.1 Å². The van der Waals surface area contributed by atoms with Gasteiger partial charge in [0.05, 0.1) is 19.3 Å². The van der Waals surface area contributed by atoms with Gasteiger partial charge in [-0.2, -0.15) is 15.4 Å². The van der Waals surface area contributed by atoms with Crippen LogP contribution in [0.2, 0.25) is 0 Å². The maximum atomic E-state index is 12.6. The highest BCUT2D eigenvalue weighted by Crippen LogP contribution is 2.25. The Morgan fingerprint density at radius 3 is 2.92 bits per heavy atom. The number of benzene rings is 1. The van der Waals surface area contributed by atoms with E-state index in [9.17, 15) is 4.79 Å². The lowest BCUT2D eigenvalue weighted by atomic mass is 10.1. The molecule has 0 bridgehead atoms. The maximum absolute atomic E-state index is 12.6. The van der Waals surface area contributed by atoms with E-state index in [-0.39, 0.29) is 11.9 Å². The van der Waals surface area contributed by atoms with Gasteiger partial charge in [0.25, 0.3) is 5.91 Å². The second-order valence-electron chi connectivity index (χ2n) is 5.92. The molecule has 2 N–H and O–H groups in total. The summed E-state index contributed by atoms with van der Waals surface area (Å²) in [5, 5.41) is 15.7. The highest BCUT2D eigenvalue weighted by molar-refractivity contribution is 7.10. The lowest BCUT2D eigenvalue weighted by Gasteiger charge is -2.34. The van der Waals surface area contributed by atoms with Crippen LogP contribution in [0.15, 0.2) is 35.7 Å². The first-order valence-corrected chi connectivity index (χ1v) is 9.13. The van der Waals surface area contributed by atoms with Gasteiger partial charge in [-0.15, -0.1) is 11.3 Å². The molecule has 3 heterocycles. The van der Waals surface area contributed by atoms with E-state index in [1.54, 1.807) is 29.5 Å². The summed E-state index contributed by atoms with van der Waals surface area (Å²) in [7, 11) is 0. The predicted molar refractivity (Wildman–Crippen MR) is 95.7 cm³/mol. The number of morpholine rings is 1. The van der Waals surface area contributed by atoms with Crippen molar-refractivity contribution in [3.05, 3.63) is 46.2 Å². The molecular formula is C17H19N5O2S. The molecule has 0 saturated carbocycles. The number of carbonyl (C=O) groups excluding carboxylic acids is 1. The summed E-state index contributed by atoms with van der Waals surface area (Å²) in [4.78, 5) is 16.2. The van der Waals surface area contributed by atoms with Gasteiger partial charge in [-0.05, 0) is 29.6 Å². The Kier molecular flexibility index (Phi) is 4.73. The molecular weight excluding hydrogens is 338 g/mol. The summed E-state index contributed by atoms with van der Waals surface area (Å²) >= 11 is 1.72. The van der Waals surface area contributed by atoms with Crippen molar-refractivity contribution in [3.8, 4) is 0 Å². The van der Waals surface area contributed by atoms with Crippen LogP contribution in [0, 0.1) is 0 Å². The number of hydrogen-bond donors (Lipinski definition) is 2. The number of hydrogen-bond acceptors (Lipinski definition) is 6. The van der Waals surface area contributed by atoms with E-state index in [2.05, 4.69) is 37.1 Å². The zero-order valence-corrected chi connectivity index (χ0v) is 14.5. The van der Waals surface area contributed by atoms with Gasteiger partial charge in [-0.3, -0.25) is 9.69 Å². The lowest BCUT2D eigenvalue weighted by Crippen LogP contribution is -2.43. The number of nitrogens with one attached hydrogen (secondary N) is 2. The summed E-state index contributed by atoms with van der Waals surface area (Å²) in [6.45, 7) is 3.79. The highest BCUT2D eigenvalue weighted by atomic mass is 32.1. The van der Waals surface area contributed by atoms with Crippen molar-refractivity contribution in [1.82, 2.24) is 25.6 Å². The smallest absolute Gasteiger partial charge is 0.251 e. The van der Waals surface area contributed by atoms with Crippen molar-refractivity contribution in [2.45, 2.75) is 6.04 Å². The van der Waals surface area contributed by atoms with Crippen molar-refractivity contribution in [2.24, 2.45) is 0 Å². The second kappa shape index (κ2) is 7.30. The monoisotopic (exact) mass is 357 g/mol. The number of nitrogens with zero attached hydrogens (tertiary/aromatic N) is 3. The molecule has 4 rings (SSSR count). The van der Waals surface area contributed by atoms with Gasteiger partial charge in [0, 0.05) is 30.1 Å². The Morgan fingerprint density at radius 1 is 1.28 bits per heavy atom. The molecule has 1 amide bonds. The van der Waals surface area contributed by atoms with Gasteiger partial charge in [0.15, 0.2) is 0 Å². The Balaban J connectivity index is 1.47. The molecule has 7 nitrogen and oxygen atoms in total. The van der Waals surface area contributed by atoms with E-state index in [0.717, 1.165) is 31.8 Å². The van der Waals surface area contributed by atoms with Gasteiger partial charge >= 0.3 is 0 Å². The lowest BCUT2D eigenvalue weighted by molar-refractivity contribution is 0.0169. The minimum Gasteiger partial charge on any atom is -0.379 e. The first-order valence-electron chi connectivity index (χ1n) is 8.25. The minimum absolute atomic E-state index is 0.0975. The van der Waals surface area contributed by atoms with Crippen LogP contribution in [0.1, 0.15) is 21.3 Å². The average Bonchev–Trinajstić information content (AvgIpc) is 3.34. The van der Waals surface area contributed by atoms with Crippen molar-refractivity contribution in [2.75, 3.05) is 32.8 Å². The Hall–Kier alpha value is -2.29. The van der Waals surface area contributed by atoms with Gasteiger partial charge < -0.3 is 10.1 Å². The summed E-state index contributed by atoms with van der Waals surface area (Å²) in [5.74, 6) is -0.0975. The van der Waals surface area contributed by atoms with Crippen LogP contribution in [0.5, 0.6) is 0 Å². The molecule has 0 aliphatic carbocycles. The molecule has 1 aromatic carbocycles. The topological polar surface area (TPSA) is 83.1 Å². The molecule has 1 aliphatic heterocycles. The molecule has 1 saturated heterocycles. The number of carbonyl (C=O) groups is 1. The number of thiophene rings is 1. The number of rotatable bonds is 5. The van der Waals surface area contributed by atoms with Gasteiger partial charge in [-0.1, -0.05) is 6.07 Å². The normalized spacial score (nSPS) is 16.8. The third-order valence-corrected chi connectivity index (χ3v) is 5.37. The van der Waals surface area contributed by atoms with Crippen LogP contribution >= 0.6 is 11.3 Å². The van der Waals surface area contributed by atoms with E-state index in [4.69, 9.17) is 4.74 Å². The molecule has 1 fully saturated rings. The van der Waals surface area contributed by atoms with Crippen molar-refractivity contribution < 1.29 is 9.53 Å². The van der Waals surface area contributed by atoms with E-state index in [0.29, 0.717) is 17.6 Å². The molecule has 0 spiro atoms. The summed E-state index contributed by atoms with van der Waals surface area (Å²) < 4.78 is 5.45. The van der Waals surface area contributed by atoms with E-state index in [1.165, 1.54) is 4.88 Å². The number of aromatic amines is 1. The van der Waals surface area contributed by atoms with Crippen molar-refractivity contribution in [1.29, 1.82) is 0 Å². The number of aromatic nitrogens is 3. The molecule has 8 heteroatoms. The Labute approximate surface area is 149 Å². The van der Waals surface area contributed by atoms with Crippen LogP contribution < -0.4 is 5.32 Å². The first kappa shape index (κ1) is 16.2. The standard InChI is InChI=1S/C17H19N5O2S/c23-17(12-3-4-13-14(10-12)20-21-19-13)18-11-15(16-2-1-9-25-16)22-5-7-24-8-6-22/h1-4,9-10,15H,5-8,11H2,(H,18,23)(H,19,20,21). The number of ether oxygens (including phenoxy) is 1. The van der Waals surface area contributed by atoms with Crippen LogP contribution in [0.4, 0.5) is 0 Å². The third-order valence-electron chi connectivity index (χ3n) is 4.39. The fraction of sp³-hybridized carbons (Fsp3) is 0.353. The zero-order chi connectivity index (χ0) is 17.1. The number of amides is 1. The highest BCUT2D eigenvalue weighted by Gasteiger charge is 2.24. The van der Waals surface area contributed by atoms with Gasteiger partial charge in [0.1, 0.15) is 11.0 Å². The first-order chi connectivity index (χ1) is 12.3. The van der Waals surface area contributed by atoms with Gasteiger partial charge in [0.2, 0.25) is 0 Å². The van der Waals surface area contributed by atoms with Crippen LogP contribution in [0.3, 0.4) is 0 Å². The van der Waals surface area contributed by atoms with Crippen LogP contribution in [-0.2, 0) is 4.74 Å². The maximum Gasteiger partial charge on any atom is 0.251 e. The number of fused-ring (bicyclic) bond motifs is 1. The fourth-order valence-electron chi connectivity index (χ4n) is 3.05. The molecule has 1 unspecified atom stereocenters. The molecule has 2 aromatic heterocycles. The molecule has 130 valence electrons. The molecule has 3 aromatic rings. The Bertz CT molecular complexity index is 842. The zero-order valence-electron chi connectivity index (χ0n) is 13.6. The average molecular weight is 357 g/mol. The summed E-state index contributed by atoms with van der Waals surface area (Å²) in [6.07, 6.45) is 0. The van der Waals surface area contributed by atoms with E-state index < -0.39 is 0 Å². The molecule has 0 radical (unpaired) electrons. The fourth-order valence-corrected chi connectivity index (χ4v) is 3.91. The van der Waals surface area contributed by atoms with Gasteiger partial charge in [-0.25, -0.2) is 0 Å². The quantitative estimate of drug-likeness (QED) is 0.728. The predicted octanol–water partition coefficient (Wildman–Crippen LogP) is 1.82.